The van der Waals surface area contributed by atoms with Gasteiger partial charge in [-0.1, -0.05) is 27.2 Å². The smallest absolute Gasteiger partial charge is 0.320 e. The van der Waals surface area contributed by atoms with E-state index >= 15 is 0 Å². The zero-order chi connectivity index (χ0) is 22.2. The van der Waals surface area contributed by atoms with Gasteiger partial charge in [-0.2, -0.15) is 0 Å². The Morgan fingerprint density at radius 3 is 2.17 bits per heavy atom. The van der Waals surface area contributed by atoms with Gasteiger partial charge < -0.3 is 14.0 Å². The number of rotatable bonds is 8. The second-order valence-corrected chi connectivity index (χ2v) is 14.4. The number of esters is 2. The molecular formula is C21H38ClNO5Si. The van der Waals surface area contributed by atoms with Crippen molar-refractivity contribution in [3.8, 4) is 0 Å². The van der Waals surface area contributed by atoms with Crippen molar-refractivity contribution in [2.45, 2.75) is 90.2 Å². The molecule has 29 heavy (non-hydrogen) atoms. The van der Waals surface area contributed by atoms with Gasteiger partial charge in [0.2, 0.25) is 0 Å². The number of carbonyl (C=O) groups excluding carboxylic acids is 2. The molecule has 1 saturated carbocycles. The maximum atomic E-state index is 12.3. The summed E-state index contributed by atoms with van der Waals surface area (Å²) in [6.07, 6.45) is 3.58. The minimum atomic E-state index is -2.04. The van der Waals surface area contributed by atoms with Crippen LogP contribution in [0.25, 0.3) is 0 Å². The summed E-state index contributed by atoms with van der Waals surface area (Å²) in [6, 6.07) is 0. The highest BCUT2D eigenvalue weighted by atomic mass is 35.5. The van der Waals surface area contributed by atoms with E-state index in [1.807, 2.05) is 0 Å². The summed E-state index contributed by atoms with van der Waals surface area (Å²) in [4.78, 5) is 24.7. The predicted octanol–water partition coefficient (Wildman–Crippen LogP) is 5.29. The Kier molecular flexibility index (Phi) is 10.2. The lowest BCUT2D eigenvalue weighted by molar-refractivity contribution is -0.162. The molecule has 0 N–H and O–H groups in total. The summed E-state index contributed by atoms with van der Waals surface area (Å²) in [6.45, 7) is 14.7. The number of oxime groups is 1. The highest BCUT2D eigenvalue weighted by molar-refractivity contribution is 6.74. The third kappa shape index (κ3) is 7.93. The van der Waals surface area contributed by atoms with Crippen LogP contribution >= 0.6 is 11.6 Å². The fourth-order valence-corrected chi connectivity index (χ4v) is 3.89. The molecule has 0 aromatic carbocycles. The van der Waals surface area contributed by atoms with Crippen LogP contribution < -0.4 is 0 Å². The first-order valence-electron chi connectivity index (χ1n) is 10.6. The first kappa shape index (κ1) is 26.0. The zero-order valence-electron chi connectivity index (χ0n) is 19.0. The average Bonchev–Trinajstić information content (AvgIpc) is 2.78. The van der Waals surface area contributed by atoms with Gasteiger partial charge in [-0.05, 0) is 63.6 Å². The van der Waals surface area contributed by atoms with Crippen molar-refractivity contribution < 1.29 is 23.6 Å². The first-order valence-corrected chi connectivity index (χ1v) is 14.0. The van der Waals surface area contributed by atoms with Crippen LogP contribution in [0.3, 0.4) is 0 Å². The van der Waals surface area contributed by atoms with E-state index in [0.717, 1.165) is 25.0 Å². The lowest BCUT2D eigenvalue weighted by atomic mass is 9.88. The molecule has 0 aromatic rings. The Morgan fingerprint density at radius 1 is 1.14 bits per heavy atom. The van der Waals surface area contributed by atoms with Gasteiger partial charge in [0.15, 0.2) is 5.92 Å². The number of nitrogens with zero attached hydrogens (tertiary/aromatic N) is 1. The van der Waals surface area contributed by atoms with E-state index in [0.29, 0.717) is 12.8 Å². The van der Waals surface area contributed by atoms with Gasteiger partial charge >= 0.3 is 11.9 Å². The van der Waals surface area contributed by atoms with Crippen LogP contribution in [-0.4, -0.2) is 44.6 Å². The van der Waals surface area contributed by atoms with E-state index in [1.54, 1.807) is 13.8 Å². The largest absolute Gasteiger partial charge is 0.465 e. The van der Waals surface area contributed by atoms with E-state index in [1.165, 1.54) is 0 Å². The number of hydrogen-bond donors (Lipinski definition) is 0. The fourth-order valence-electron chi connectivity index (χ4n) is 2.99. The van der Waals surface area contributed by atoms with Crippen LogP contribution in [0.5, 0.6) is 0 Å². The lowest BCUT2D eigenvalue weighted by Crippen LogP contribution is -2.39. The number of hydrogen-bond acceptors (Lipinski definition) is 6. The highest BCUT2D eigenvalue weighted by Crippen LogP contribution is 2.37. The van der Waals surface area contributed by atoms with Crippen molar-refractivity contribution >= 4 is 37.6 Å². The van der Waals surface area contributed by atoms with Gasteiger partial charge in [0.25, 0.3) is 8.32 Å². The van der Waals surface area contributed by atoms with Gasteiger partial charge in [0, 0.05) is 0 Å². The van der Waals surface area contributed by atoms with Crippen LogP contribution in [0, 0.1) is 11.8 Å². The van der Waals surface area contributed by atoms with Crippen LogP contribution in [-0.2, 0) is 23.6 Å². The van der Waals surface area contributed by atoms with Crippen molar-refractivity contribution in [2.24, 2.45) is 17.0 Å². The van der Waals surface area contributed by atoms with Gasteiger partial charge in [-0.3, -0.25) is 9.59 Å². The van der Waals surface area contributed by atoms with Crippen LogP contribution in [0.1, 0.15) is 66.7 Å². The van der Waals surface area contributed by atoms with E-state index < -0.39 is 26.2 Å². The third-order valence-electron chi connectivity index (χ3n) is 5.84. The molecule has 6 nitrogen and oxygen atoms in total. The monoisotopic (exact) mass is 447 g/mol. The summed E-state index contributed by atoms with van der Waals surface area (Å²) in [7, 11) is -2.04. The quantitative estimate of drug-likeness (QED) is 0.126. The number of carbonyl (C=O) groups is 2. The summed E-state index contributed by atoms with van der Waals surface area (Å²) in [5, 5.41) is 4.35. The molecule has 0 radical (unpaired) electrons. The zero-order valence-corrected chi connectivity index (χ0v) is 20.8. The number of alkyl halides is 1. The van der Waals surface area contributed by atoms with Gasteiger partial charge in [0.05, 0.1) is 24.3 Å². The summed E-state index contributed by atoms with van der Waals surface area (Å²) in [5.74, 6) is -1.85. The molecule has 0 heterocycles. The molecule has 1 rings (SSSR count). The Morgan fingerprint density at radius 2 is 1.69 bits per heavy atom. The van der Waals surface area contributed by atoms with Crippen molar-refractivity contribution in [3.05, 3.63) is 0 Å². The van der Waals surface area contributed by atoms with Crippen molar-refractivity contribution in [1.82, 2.24) is 0 Å². The predicted molar refractivity (Wildman–Crippen MR) is 119 cm³/mol. The lowest BCUT2D eigenvalue weighted by Gasteiger charge is -2.33. The van der Waals surface area contributed by atoms with Gasteiger partial charge in [0.1, 0.15) is 0 Å². The van der Waals surface area contributed by atoms with Crippen LogP contribution in [0.4, 0.5) is 0 Å². The topological polar surface area (TPSA) is 74.2 Å². The Bertz CT molecular complexity index is 570. The third-order valence-corrected chi connectivity index (χ3v) is 10.5. The van der Waals surface area contributed by atoms with Crippen molar-refractivity contribution in [2.75, 3.05) is 13.2 Å². The Balaban J connectivity index is 2.96. The second-order valence-electron chi connectivity index (χ2n) is 9.20. The first-order chi connectivity index (χ1) is 13.4. The standard InChI is InChI=1S/C21H38ClNO5Si/c1-8-26-19(24)16(20(25)27-9-2)13-15-11-10-12-17(22)18(14-15)23-28-29(6,7)21(3,4)5/h15-17H,8-14H2,1-7H3/b23-18+. The maximum absolute atomic E-state index is 12.3. The summed E-state index contributed by atoms with van der Waals surface area (Å²) in [5.41, 5.74) is 0.811. The van der Waals surface area contributed by atoms with E-state index in [-0.39, 0.29) is 29.5 Å². The molecule has 1 aliphatic carbocycles. The number of halogens is 1. The molecule has 2 unspecified atom stereocenters. The molecule has 1 fully saturated rings. The average molecular weight is 448 g/mol. The maximum Gasteiger partial charge on any atom is 0.320 e. The molecule has 0 bridgehead atoms. The molecule has 2 atom stereocenters. The van der Waals surface area contributed by atoms with E-state index in [4.69, 9.17) is 25.6 Å². The molecule has 0 aromatic heterocycles. The SMILES string of the molecule is CCOC(=O)C(CC1CCCC(Cl)/C(=N/O[Si](C)(C)C(C)(C)C)C1)C(=O)OCC. The Hall–Kier alpha value is -1.08. The molecule has 0 spiro atoms. The molecule has 0 aliphatic heterocycles. The minimum absolute atomic E-state index is 0.0436. The van der Waals surface area contributed by atoms with Crippen LogP contribution in [0.15, 0.2) is 5.16 Å². The molecule has 1 aliphatic rings. The van der Waals surface area contributed by atoms with Crippen molar-refractivity contribution in [3.63, 3.8) is 0 Å². The molecule has 8 heteroatoms. The minimum Gasteiger partial charge on any atom is -0.465 e. The fraction of sp³-hybridized carbons (Fsp3) is 0.857. The molecular weight excluding hydrogens is 410 g/mol. The van der Waals surface area contributed by atoms with E-state index in [2.05, 4.69) is 39.0 Å². The Labute approximate surface area is 181 Å². The van der Waals surface area contributed by atoms with Crippen molar-refractivity contribution in [1.29, 1.82) is 0 Å². The highest BCUT2D eigenvalue weighted by Gasteiger charge is 2.40. The van der Waals surface area contributed by atoms with Gasteiger partial charge in [-0.15, -0.1) is 16.8 Å². The normalized spacial score (nSPS) is 22.3. The summed E-state index contributed by atoms with van der Waals surface area (Å²) >= 11 is 6.58. The molecule has 0 amide bonds. The van der Waals surface area contributed by atoms with Crippen LogP contribution in [0.2, 0.25) is 18.1 Å². The molecule has 0 saturated heterocycles. The molecule has 168 valence electrons. The van der Waals surface area contributed by atoms with Gasteiger partial charge in [-0.25, -0.2) is 0 Å². The van der Waals surface area contributed by atoms with E-state index in [9.17, 15) is 9.59 Å². The summed E-state index contributed by atoms with van der Waals surface area (Å²) < 4.78 is 16.3. The second kappa shape index (κ2) is 11.3. The number of ether oxygens (including phenoxy) is 2.